The van der Waals surface area contributed by atoms with Gasteiger partial charge in [-0.25, -0.2) is 4.39 Å². The second-order valence-corrected chi connectivity index (χ2v) is 6.20. The highest BCUT2D eigenvalue weighted by molar-refractivity contribution is 7.99. The minimum atomic E-state index is -0.0868. The van der Waals surface area contributed by atoms with E-state index in [4.69, 9.17) is 4.74 Å². The van der Waals surface area contributed by atoms with Gasteiger partial charge in [0.1, 0.15) is 5.82 Å². The first-order chi connectivity index (χ1) is 9.72. The molecular formula is C15H23FN2OS. The fraction of sp³-hybridized carbons (Fsp3) is 0.600. The Morgan fingerprint density at radius 3 is 3.10 bits per heavy atom. The zero-order chi connectivity index (χ0) is 14.4. The maximum absolute atomic E-state index is 13.8. The molecule has 1 N–H and O–H groups in total. The van der Waals surface area contributed by atoms with E-state index in [-0.39, 0.29) is 11.9 Å². The molecule has 0 fully saturated rings. The monoisotopic (exact) mass is 298 g/mol. The first-order valence-electron chi connectivity index (χ1n) is 7.04. The fourth-order valence-electron chi connectivity index (χ4n) is 2.39. The summed E-state index contributed by atoms with van der Waals surface area (Å²) in [6.07, 6.45) is 1.06. The number of nitrogens with zero attached hydrogens (tertiary/aromatic N) is 1. The smallest absolute Gasteiger partial charge is 0.137 e. The molecule has 2 rings (SSSR count). The van der Waals surface area contributed by atoms with E-state index >= 15 is 0 Å². The predicted molar refractivity (Wildman–Crippen MR) is 81.9 cm³/mol. The Morgan fingerprint density at radius 1 is 1.45 bits per heavy atom. The number of hydrogen-bond donors (Lipinski definition) is 1. The number of methoxy groups -OCH3 is 1. The molecule has 0 aliphatic carbocycles. The van der Waals surface area contributed by atoms with Crippen LogP contribution in [0.5, 0.6) is 0 Å². The van der Waals surface area contributed by atoms with Crippen LogP contribution in [0.25, 0.3) is 0 Å². The first kappa shape index (κ1) is 15.8. The van der Waals surface area contributed by atoms with Crippen molar-refractivity contribution in [3.05, 3.63) is 29.6 Å². The summed E-state index contributed by atoms with van der Waals surface area (Å²) in [7, 11) is 3.81. The number of ether oxygens (including phenoxy) is 1. The standard InChI is InChI=1S/C15H23FN2OS/c1-18(9-10-19-2)8-7-17-14-6-11-20-15-12(14)4-3-5-13(15)16/h3-5,14,17H,6-11H2,1-2H3. The van der Waals surface area contributed by atoms with E-state index in [1.165, 1.54) is 0 Å². The molecule has 0 spiro atoms. The summed E-state index contributed by atoms with van der Waals surface area (Å²) in [5.74, 6) is 0.890. The highest BCUT2D eigenvalue weighted by Gasteiger charge is 2.22. The summed E-state index contributed by atoms with van der Waals surface area (Å²) >= 11 is 1.63. The number of hydrogen-bond acceptors (Lipinski definition) is 4. The van der Waals surface area contributed by atoms with E-state index in [0.29, 0.717) is 0 Å². The molecule has 0 saturated carbocycles. The molecule has 1 aliphatic heterocycles. The minimum absolute atomic E-state index is 0.0868. The van der Waals surface area contributed by atoms with Gasteiger partial charge in [-0.3, -0.25) is 0 Å². The molecular weight excluding hydrogens is 275 g/mol. The SMILES string of the molecule is COCCN(C)CCNC1CCSc2c(F)cccc21. The molecule has 0 saturated heterocycles. The van der Waals surface area contributed by atoms with Gasteiger partial charge in [-0.05, 0) is 30.9 Å². The summed E-state index contributed by atoms with van der Waals surface area (Å²) in [6, 6.07) is 5.67. The Kier molecular flexibility index (Phi) is 6.29. The van der Waals surface area contributed by atoms with Gasteiger partial charge in [0.15, 0.2) is 0 Å². The maximum Gasteiger partial charge on any atom is 0.137 e. The number of fused-ring (bicyclic) bond motifs is 1. The third-order valence-corrected chi connectivity index (χ3v) is 4.75. The average molecular weight is 298 g/mol. The topological polar surface area (TPSA) is 24.5 Å². The Morgan fingerprint density at radius 2 is 2.30 bits per heavy atom. The van der Waals surface area contributed by atoms with Gasteiger partial charge in [0, 0.05) is 37.7 Å². The number of halogens is 1. The molecule has 1 aliphatic rings. The number of rotatable bonds is 7. The van der Waals surface area contributed by atoms with Gasteiger partial charge in [-0.15, -0.1) is 11.8 Å². The van der Waals surface area contributed by atoms with Crippen LogP contribution in [0.15, 0.2) is 23.1 Å². The second kappa shape index (κ2) is 7.98. The third-order valence-electron chi connectivity index (χ3n) is 3.59. The predicted octanol–water partition coefficient (Wildman–Crippen LogP) is 2.53. The van der Waals surface area contributed by atoms with Crippen LogP contribution in [0.4, 0.5) is 4.39 Å². The summed E-state index contributed by atoms with van der Waals surface area (Å²) < 4.78 is 18.8. The molecule has 1 unspecified atom stereocenters. The zero-order valence-corrected chi connectivity index (χ0v) is 13.0. The summed E-state index contributed by atoms with van der Waals surface area (Å²) in [5, 5.41) is 3.55. The van der Waals surface area contributed by atoms with E-state index in [2.05, 4.69) is 17.3 Å². The Labute approximate surface area is 124 Å². The summed E-state index contributed by atoms with van der Waals surface area (Å²) in [4.78, 5) is 3.06. The van der Waals surface area contributed by atoms with E-state index in [1.54, 1.807) is 31.0 Å². The van der Waals surface area contributed by atoms with E-state index < -0.39 is 0 Å². The van der Waals surface area contributed by atoms with Crippen LogP contribution < -0.4 is 5.32 Å². The summed E-state index contributed by atoms with van der Waals surface area (Å²) in [6.45, 7) is 3.57. The molecule has 20 heavy (non-hydrogen) atoms. The number of likely N-dealkylation sites (N-methyl/N-ethyl adjacent to an activating group) is 1. The highest BCUT2D eigenvalue weighted by Crippen LogP contribution is 2.37. The molecule has 0 radical (unpaired) electrons. The van der Waals surface area contributed by atoms with Crippen LogP contribution in [-0.2, 0) is 4.74 Å². The van der Waals surface area contributed by atoms with E-state index in [9.17, 15) is 4.39 Å². The first-order valence-corrected chi connectivity index (χ1v) is 8.03. The van der Waals surface area contributed by atoms with Crippen molar-refractivity contribution in [2.45, 2.75) is 17.4 Å². The third kappa shape index (κ3) is 4.19. The highest BCUT2D eigenvalue weighted by atomic mass is 32.2. The van der Waals surface area contributed by atoms with Gasteiger partial charge in [0.25, 0.3) is 0 Å². The van der Waals surface area contributed by atoms with Gasteiger partial charge in [0.05, 0.1) is 6.61 Å². The molecule has 0 aromatic heterocycles. The van der Waals surface area contributed by atoms with Crippen molar-refractivity contribution < 1.29 is 9.13 Å². The van der Waals surface area contributed by atoms with E-state index in [0.717, 1.165) is 48.9 Å². The van der Waals surface area contributed by atoms with E-state index in [1.807, 2.05) is 6.07 Å². The average Bonchev–Trinajstić information content (AvgIpc) is 2.46. The van der Waals surface area contributed by atoms with Crippen molar-refractivity contribution in [2.24, 2.45) is 0 Å². The molecule has 0 amide bonds. The quantitative estimate of drug-likeness (QED) is 0.836. The Hall–Kier alpha value is -0.620. The molecule has 5 heteroatoms. The lowest BCUT2D eigenvalue weighted by Gasteiger charge is -2.27. The zero-order valence-electron chi connectivity index (χ0n) is 12.2. The maximum atomic E-state index is 13.8. The van der Waals surface area contributed by atoms with Crippen LogP contribution in [0, 0.1) is 5.82 Å². The van der Waals surface area contributed by atoms with Gasteiger partial charge in [-0.1, -0.05) is 12.1 Å². The van der Waals surface area contributed by atoms with Gasteiger partial charge in [-0.2, -0.15) is 0 Å². The lowest BCUT2D eigenvalue weighted by Crippen LogP contribution is -2.34. The number of thioether (sulfide) groups is 1. The number of nitrogens with one attached hydrogen (secondary N) is 1. The summed E-state index contributed by atoms with van der Waals surface area (Å²) in [5.41, 5.74) is 1.11. The molecule has 1 aromatic rings. The molecule has 1 heterocycles. The van der Waals surface area contributed by atoms with Crippen molar-refractivity contribution in [1.29, 1.82) is 0 Å². The minimum Gasteiger partial charge on any atom is -0.383 e. The van der Waals surface area contributed by atoms with Crippen molar-refractivity contribution in [3.8, 4) is 0 Å². The van der Waals surface area contributed by atoms with Crippen LogP contribution >= 0.6 is 11.8 Å². The van der Waals surface area contributed by atoms with Crippen molar-refractivity contribution in [2.75, 3.05) is 46.2 Å². The van der Waals surface area contributed by atoms with Crippen LogP contribution in [-0.4, -0.2) is 51.1 Å². The second-order valence-electron chi connectivity index (χ2n) is 5.10. The van der Waals surface area contributed by atoms with Crippen molar-refractivity contribution in [3.63, 3.8) is 0 Å². The van der Waals surface area contributed by atoms with Crippen LogP contribution in [0.3, 0.4) is 0 Å². The van der Waals surface area contributed by atoms with Crippen molar-refractivity contribution in [1.82, 2.24) is 10.2 Å². The molecule has 0 bridgehead atoms. The van der Waals surface area contributed by atoms with Gasteiger partial charge < -0.3 is 15.0 Å². The normalized spacial score (nSPS) is 18.3. The lowest BCUT2D eigenvalue weighted by atomic mass is 10.0. The van der Waals surface area contributed by atoms with Crippen molar-refractivity contribution >= 4 is 11.8 Å². The van der Waals surface area contributed by atoms with Gasteiger partial charge >= 0.3 is 0 Å². The number of benzene rings is 1. The molecule has 1 aromatic carbocycles. The Balaban J connectivity index is 1.85. The molecule has 112 valence electrons. The fourth-order valence-corrected chi connectivity index (χ4v) is 3.53. The molecule has 1 atom stereocenters. The largest absolute Gasteiger partial charge is 0.383 e. The lowest BCUT2D eigenvalue weighted by molar-refractivity contribution is 0.161. The van der Waals surface area contributed by atoms with Crippen LogP contribution in [0.1, 0.15) is 18.0 Å². The van der Waals surface area contributed by atoms with Gasteiger partial charge in [0.2, 0.25) is 0 Å². The molecule has 3 nitrogen and oxygen atoms in total. The van der Waals surface area contributed by atoms with Crippen LogP contribution in [0.2, 0.25) is 0 Å². The Bertz CT molecular complexity index is 430.